The van der Waals surface area contributed by atoms with Gasteiger partial charge < -0.3 is 9.15 Å². The number of aromatic nitrogens is 1. The molecule has 0 spiro atoms. The SMILES string of the molecule is O=C(CCS(=O)(=O)c1ccc(F)cc1)OCc1ncc(-c2ccccc2)o1. The van der Waals surface area contributed by atoms with Crippen LogP contribution in [0.4, 0.5) is 4.39 Å². The van der Waals surface area contributed by atoms with Gasteiger partial charge in [0.15, 0.2) is 22.2 Å². The Hall–Kier alpha value is -3.00. The highest BCUT2D eigenvalue weighted by molar-refractivity contribution is 7.91. The minimum Gasteiger partial charge on any atom is -0.456 e. The Bertz CT molecular complexity index is 1010. The van der Waals surface area contributed by atoms with Crippen LogP contribution in [-0.4, -0.2) is 25.1 Å². The fourth-order valence-corrected chi connectivity index (χ4v) is 3.53. The molecule has 0 atom stereocenters. The van der Waals surface area contributed by atoms with Crippen molar-refractivity contribution in [1.29, 1.82) is 0 Å². The first kappa shape index (κ1) is 18.8. The van der Waals surface area contributed by atoms with Crippen molar-refractivity contribution in [2.75, 3.05) is 5.75 Å². The number of esters is 1. The number of sulfone groups is 1. The van der Waals surface area contributed by atoms with Gasteiger partial charge in [0, 0.05) is 5.56 Å². The third-order valence-corrected chi connectivity index (χ3v) is 5.45. The number of oxazole rings is 1. The van der Waals surface area contributed by atoms with Gasteiger partial charge in [-0.25, -0.2) is 17.8 Å². The van der Waals surface area contributed by atoms with Gasteiger partial charge in [0.2, 0.25) is 5.89 Å². The van der Waals surface area contributed by atoms with Gasteiger partial charge in [-0.2, -0.15) is 0 Å². The van der Waals surface area contributed by atoms with Crippen molar-refractivity contribution in [1.82, 2.24) is 4.98 Å². The van der Waals surface area contributed by atoms with E-state index in [2.05, 4.69) is 4.98 Å². The Morgan fingerprint density at radius 3 is 2.48 bits per heavy atom. The van der Waals surface area contributed by atoms with Crippen LogP contribution in [0.3, 0.4) is 0 Å². The van der Waals surface area contributed by atoms with Crippen LogP contribution in [0.15, 0.2) is 70.1 Å². The molecule has 0 fully saturated rings. The Morgan fingerprint density at radius 1 is 1.07 bits per heavy atom. The second kappa shape index (κ2) is 8.13. The number of hydrogen-bond donors (Lipinski definition) is 0. The molecule has 0 radical (unpaired) electrons. The second-order valence-electron chi connectivity index (χ2n) is 5.67. The Balaban J connectivity index is 1.51. The van der Waals surface area contributed by atoms with Crippen molar-refractivity contribution in [3.63, 3.8) is 0 Å². The smallest absolute Gasteiger partial charge is 0.307 e. The number of hydrogen-bond acceptors (Lipinski definition) is 6. The molecule has 0 saturated heterocycles. The van der Waals surface area contributed by atoms with E-state index < -0.39 is 27.4 Å². The number of rotatable bonds is 7. The molecule has 6 nitrogen and oxygen atoms in total. The zero-order chi connectivity index (χ0) is 19.3. The number of carbonyl (C=O) groups is 1. The summed E-state index contributed by atoms with van der Waals surface area (Å²) in [5.41, 5.74) is 0.841. The monoisotopic (exact) mass is 389 g/mol. The largest absolute Gasteiger partial charge is 0.456 e. The molecule has 0 N–H and O–H groups in total. The van der Waals surface area contributed by atoms with Gasteiger partial charge in [-0.15, -0.1) is 0 Å². The molecule has 3 aromatic rings. The van der Waals surface area contributed by atoms with E-state index in [4.69, 9.17) is 9.15 Å². The minimum atomic E-state index is -3.69. The van der Waals surface area contributed by atoms with Crippen LogP contribution in [-0.2, 0) is 26.0 Å². The van der Waals surface area contributed by atoms with Crippen molar-refractivity contribution in [2.45, 2.75) is 17.9 Å². The van der Waals surface area contributed by atoms with E-state index in [9.17, 15) is 17.6 Å². The highest BCUT2D eigenvalue weighted by Gasteiger charge is 2.18. The van der Waals surface area contributed by atoms with E-state index in [1.165, 1.54) is 6.20 Å². The Kier molecular flexibility index (Phi) is 5.66. The molecule has 3 rings (SSSR count). The van der Waals surface area contributed by atoms with E-state index in [1.54, 1.807) is 0 Å². The van der Waals surface area contributed by atoms with Crippen molar-refractivity contribution in [3.05, 3.63) is 72.5 Å². The molecular weight excluding hydrogens is 373 g/mol. The molecule has 27 heavy (non-hydrogen) atoms. The average molecular weight is 389 g/mol. The van der Waals surface area contributed by atoms with Crippen LogP contribution in [0.1, 0.15) is 12.3 Å². The molecule has 0 amide bonds. The quantitative estimate of drug-likeness (QED) is 0.455. The molecule has 0 saturated carbocycles. The summed E-state index contributed by atoms with van der Waals surface area (Å²) in [6.45, 7) is -0.192. The summed E-state index contributed by atoms with van der Waals surface area (Å²) < 4.78 is 47.6. The van der Waals surface area contributed by atoms with Gasteiger partial charge in [0.05, 0.1) is 23.3 Å². The zero-order valence-electron chi connectivity index (χ0n) is 14.2. The van der Waals surface area contributed by atoms with Gasteiger partial charge in [-0.1, -0.05) is 30.3 Å². The lowest BCUT2D eigenvalue weighted by atomic mass is 10.2. The number of nitrogens with zero attached hydrogens (tertiary/aromatic N) is 1. The van der Waals surface area contributed by atoms with Crippen molar-refractivity contribution < 1.29 is 26.8 Å². The van der Waals surface area contributed by atoms with Gasteiger partial charge >= 0.3 is 5.97 Å². The van der Waals surface area contributed by atoms with Crippen LogP contribution in [0.5, 0.6) is 0 Å². The van der Waals surface area contributed by atoms with E-state index in [1.807, 2.05) is 30.3 Å². The maximum atomic E-state index is 12.9. The van der Waals surface area contributed by atoms with Gasteiger partial charge in [-0.05, 0) is 24.3 Å². The lowest BCUT2D eigenvalue weighted by molar-refractivity contribution is -0.145. The first-order valence-electron chi connectivity index (χ1n) is 8.08. The molecule has 1 heterocycles. The van der Waals surface area contributed by atoms with E-state index >= 15 is 0 Å². The third-order valence-electron chi connectivity index (χ3n) is 3.72. The molecule has 0 unspecified atom stereocenters. The lowest BCUT2D eigenvalue weighted by Crippen LogP contribution is -2.13. The molecule has 0 aliphatic heterocycles. The van der Waals surface area contributed by atoms with Crippen LogP contribution in [0.2, 0.25) is 0 Å². The second-order valence-corrected chi connectivity index (χ2v) is 7.78. The maximum Gasteiger partial charge on any atom is 0.307 e. The summed E-state index contributed by atoms with van der Waals surface area (Å²) in [6, 6.07) is 13.7. The van der Waals surface area contributed by atoms with Crippen LogP contribution in [0.25, 0.3) is 11.3 Å². The van der Waals surface area contributed by atoms with Gasteiger partial charge in [0.25, 0.3) is 0 Å². The normalized spacial score (nSPS) is 11.3. The predicted octanol–water partition coefficient (Wildman–Crippen LogP) is 3.39. The molecule has 140 valence electrons. The fourth-order valence-electron chi connectivity index (χ4n) is 2.30. The summed E-state index contributed by atoms with van der Waals surface area (Å²) in [7, 11) is -3.69. The van der Waals surface area contributed by atoms with E-state index in [-0.39, 0.29) is 23.8 Å². The Morgan fingerprint density at radius 2 is 1.78 bits per heavy atom. The average Bonchev–Trinajstić information content (AvgIpc) is 3.15. The summed E-state index contributed by atoms with van der Waals surface area (Å²) in [5.74, 6) is -0.906. The third kappa shape index (κ3) is 5.01. The van der Waals surface area contributed by atoms with Crippen LogP contribution in [0, 0.1) is 5.82 Å². The maximum absolute atomic E-state index is 12.9. The molecule has 1 aromatic heterocycles. The highest BCUT2D eigenvalue weighted by Crippen LogP contribution is 2.20. The predicted molar refractivity (Wildman–Crippen MR) is 94.8 cm³/mol. The number of carbonyl (C=O) groups excluding carboxylic acids is 1. The molecule has 8 heteroatoms. The minimum absolute atomic E-state index is 0.0445. The lowest BCUT2D eigenvalue weighted by Gasteiger charge is -2.05. The Labute approximate surface area is 155 Å². The summed E-state index contributed by atoms with van der Waals surface area (Å²) in [6.07, 6.45) is 1.20. The highest BCUT2D eigenvalue weighted by atomic mass is 32.2. The standard InChI is InChI=1S/C19H16FNO5S/c20-15-6-8-16(9-7-15)27(23,24)11-10-19(22)25-13-18-21-12-17(26-18)14-4-2-1-3-5-14/h1-9,12H,10-11,13H2. The number of halogens is 1. The van der Waals surface area contributed by atoms with Crippen molar-refractivity contribution >= 4 is 15.8 Å². The van der Waals surface area contributed by atoms with Crippen molar-refractivity contribution in [2.24, 2.45) is 0 Å². The number of benzene rings is 2. The van der Waals surface area contributed by atoms with Gasteiger partial charge in [-0.3, -0.25) is 4.79 Å². The first-order valence-corrected chi connectivity index (χ1v) is 9.73. The molecular formula is C19H16FNO5S. The molecule has 0 aliphatic carbocycles. The summed E-state index contributed by atoms with van der Waals surface area (Å²) in [5, 5.41) is 0. The van der Waals surface area contributed by atoms with Crippen LogP contribution < -0.4 is 0 Å². The van der Waals surface area contributed by atoms with E-state index in [0.29, 0.717) is 5.76 Å². The van der Waals surface area contributed by atoms with Crippen LogP contribution >= 0.6 is 0 Å². The molecule has 2 aromatic carbocycles. The number of ether oxygens (including phenoxy) is 1. The molecule has 0 aliphatic rings. The first-order chi connectivity index (χ1) is 12.9. The summed E-state index contributed by atoms with van der Waals surface area (Å²) >= 11 is 0. The van der Waals surface area contributed by atoms with Crippen molar-refractivity contribution in [3.8, 4) is 11.3 Å². The van der Waals surface area contributed by atoms with Gasteiger partial charge in [0.1, 0.15) is 5.82 Å². The molecule has 0 bridgehead atoms. The van der Waals surface area contributed by atoms with E-state index in [0.717, 1.165) is 29.8 Å². The summed E-state index contributed by atoms with van der Waals surface area (Å²) in [4.78, 5) is 15.8. The topological polar surface area (TPSA) is 86.5 Å². The fraction of sp³-hybridized carbons (Fsp3) is 0.158. The zero-order valence-corrected chi connectivity index (χ0v) is 15.0.